The molecule has 10 heteroatoms. The van der Waals surface area contributed by atoms with Gasteiger partial charge in [-0.15, -0.1) is 5.10 Å². The molecule has 0 bridgehead atoms. The number of hydrogen-bond acceptors (Lipinski definition) is 7. The lowest BCUT2D eigenvalue weighted by Gasteiger charge is -2.29. The molecule has 1 atom stereocenters. The molecule has 0 fully saturated rings. The van der Waals surface area contributed by atoms with Crippen LogP contribution >= 0.6 is 27.7 Å². The summed E-state index contributed by atoms with van der Waals surface area (Å²) in [6.07, 6.45) is 1.00. The molecule has 1 aliphatic heterocycles. The molecule has 0 saturated heterocycles. The fourth-order valence-corrected chi connectivity index (χ4v) is 6.03. The molecule has 2 N–H and O–H groups in total. The van der Waals surface area contributed by atoms with Crippen molar-refractivity contribution in [1.82, 2.24) is 14.8 Å². The Bertz CT molecular complexity index is 1610. The number of para-hydroxylation sites is 1. The van der Waals surface area contributed by atoms with E-state index in [2.05, 4.69) is 33.5 Å². The highest BCUT2D eigenvalue weighted by Crippen LogP contribution is 2.43. The van der Waals surface area contributed by atoms with Gasteiger partial charge in [0, 0.05) is 17.1 Å². The van der Waals surface area contributed by atoms with Gasteiger partial charge in [0.25, 0.3) is 5.91 Å². The van der Waals surface area contributed by atoms with Crippen molar-refractivity contribution >= 4 is 45.2 Å². The monoisotopic (exact) mass is 647 g/mol. The summed E-state index contributed by atoms with van der Waals surface area (Å²) in [6, 6.07) is 21.1. The van der Waals surface area contributed by atoms with Gasteiger partial charge in [-0.05, 0) is 78.0 Å². The molecule has 1 aromatic heterocycles. The van der Waals surface area contributed by atoms with Crippen LogP contribution in [0.15, 0.2) is 87.6 Å². The van der Waals surface area contributed by atoms with Crippen molar-refractivity contribution in [2.24, 2.45) is 0 Å². The van der Waals surface area contributed by atoms with E-state index in [-0.39, 0.29) is 5.91 Å². The number of benzene rings is 3. The molecule has 1 aliphatic rings. The quantitative estimate of drug-likeness (QED) is 0.161. The summed E-state index contributed by atoms with van der Waals surface area (Å²) in [5, 5.41) is 11.9. The SMILES string of the molecule is CCCSc1nc2n(n1)C(c1cc(Br)c(OCc3ccccc3)c(OCC)c1)C(C(=O)Nc1ccccc1C)=C(C)N2. The number of ether oxygens (including phenoxy) is 2. The Morgan fingerprint density at radius 3 is 2.57 bits per heavy atom. The number of anilines is 2. The summed E-state index contributed by atoms with van der Waals surface area (Å²) in [4.78, 5) is 18.7. The van der Waals surface area contributed by atoms with Crippen LogP contribution in [0.2, 0.25) is 0 Å². The number of carbonyl (C=O) groups excluding carboxylic acids is 1. The normalized spacial score (nSPS) is 14.3. The largest absolute Gasteiger partial charge is 0.490 e. The van der Waals surface area contributed by atoms with Crippen LogP contribution in [0.25, 0.3) is 0 Å². The molecule has 0 saturated carbocycles. The minimum atomic E-state index is -0.563. The van der Waals surface area contributed by atoms with Gasteiger partial charge in [-0.1, -0.05) is 67.2 Å². The number of allylic oxidation sites excluding steroid dienone is 1. The van der Waals surface area contributed by atoms with Crippen molar-refractivity contribution in [3.63, 3.8) is 0 Å². The van der Waals surface area contributed by atoms with E-state index in [1.54, 1.807) is 16.4 Å². The molecule has 0 radical (unpaired) electrons. The Kier molecular flexibility index (Phi) is 9.54. The van der Waals surface area contributed by atoms with E-state index in [0.717, 1.165) is 39.0 Å². The standard InChI is InChI=1S/C32H34BrN5O3S/c1-5-16-42-32-36-31-34-21(4)27(30(39)35-25-15-11-10-12-20(25)3)28(38(31)37-32)23-17-24(33)29(26(18-23)40-6-2)41-19-22-13-8-7-9-14-22/h7-15,17-18,28H,5-6,16,19H2,1-4H3,(H,35,39)(H,34,36,37). The van der Waals surface area contributed by atoms with E-state index < -0.39 is 6.04 Å². The molecule has 3 aromatic carbocycles. The number of fused-ring (bicyclic) bond motifs is 1. The van der Waals surface area contributed by atoms with Gasteiger partial charge >= 0.3 is 0 Å². The summed E-state index contributed by atoms with van der Waals surface area (Å²) >= 11 is 5.33. The zero-order valence-corrected chi connectivity index (χ0v) is 26.5. The summed E-state index contributed by atoms with van der Waals surface area (Å²) in [5.41, 5.74) is 4.83. The first kappa shape index (κ1) is 29.7. The molecule has 42 heavy (non-hydrogen) atoms. The van der Waals surface area contributed by atoms with Gasteiger partial charge in [0.2, 0.25) is 11.1 Å². The van der Waals surface area contributed by atoms with Crippen molar-refractivity contribution in [2.75, 3.05) is 23.0 Å². The third-order valence-electron chi connectivity index (χ3n) is 6.78. The van der Waals surface area contributed by atoms with Gasteiger partial charge in [0.1, 0.15) is 12.6 Å². The van der Waals surface area contributed by atoms with Crippen LogP contribution in [-0.4, -0.2) is 33.0 Å². The smallest absolute Gasteiger partial charge is 0.255 e. The minimum absolute atomic E-state index is 0.221. The van der Waals surface area contributed by atoms with Gasteiger partial charge < -0.3 is 20.1 Å². The minimum Gasteiger partial charge on any atom is -0.490 e. The fraction of sp³-hybridized carbons (Fsp3) is 0.281. The van der Waals surface area contributed by atoms with Crippen LogP contribution in [0.4, 0.5) is 11.6 Å². The lowest BCUT2D eigenvalue weighted by Crippen LogP contribution is -2.31. The van der Waals surface area contributed by atoms with Gasteiger partial charge in [-0.25, -0.2) is 4.68 Å². The zero-order valence-electron chi connectivity index (χ0n) is 24.1. The number of hydrogen-bond donors (Lipinski definition) is 2. The molecule has 5 rings (SSSR count). The molecule has 1 unspecified atom stereocenters. The van der Waals surface area contributed by atoms with Crippen molar-refractivity contribution in [1.29, 1.82) is 0 Å². The second-order valence-corrected chi connectivity index (χ2v) is 11.8. The number of rotatable bonds is 11. The van der Waals surface area contributed by atoms with Crippen LogP contribution in [0.5, 0.6) is 11.5 Å². The maximum atomic E-state index is 14.0. The van der Waals surface area contributed by atoms with Gasteiger partial charge in [-0.2, -0.15) is 4.98 Å². The van der Waals surface area contributed by atoms with E-state index in [1.807, 2.05) is 87.5 Å². The van der Waals surface area contributed by atoms with E-state index in [0.29, 0.717) is 47.1 Å². The average Bonchev–Trinajstić information content (AvgIpc) is 3.38. The Hall–Kier alpha value is -3.76. The van der Waals surface area contributed by atoms with Gasteiger partial charge in [0.05, 0.1) is 16.7 Å². The Morgan fingerprint density at radius 1 is 1.07 bits per heavy atom. The fourth-order valence-electron chi connectivity index (χ4n) is 4.77. The van der Waals surface area contributed by atoms with E-state index in [4.69, 9.17) is 19.6 Å². The van der Waals surface area contributed by atoms with Crippen LogP contribution in [-0.2, 0) is 11.4 Å². The number of nitrogens with one attached hydrogen (secondary N) is 2. The lowest BCUT2D eigenvalue weighted by molar-refractivity contribution is -0.113. The summed E-state index contributed by atoms with van der Waals surface area (Å²) < 4.78 is 14.8. The second-order valence-electron chi connectivity index (χ2n) is 9.88. The number of halogens is 1. The Morgan fingerprint density at radius 2 is 1.83 bits per heavy atom. The third-order valence-corrected chi connectivity index (χ3v) is 8.41. The lowest BCUT2D eigenvalue weighted by atomic mass is 9.94. The summed E-state index contributed by atoms with van der Waals surface area (Å²) in [6.45, 7) is 8.76. The number of aryl methyl sites for hydroxylation is 1. The topological polar surface area (TPSA) is 90.3 Å². The summed E-state index contributed by atoms with van der Waals surface area (Å²) in [7, 11) is 0. The van der Waals surface area contributed by atoms with E-state index in [1.165, 1.54) is 0 Å². The van der Waals surface area contributed by atoms with Crippen molar-refractivity contribution < 1.29 is 14.3 Å². The molecule has 4 aromatic rings. The second kappa shape index (κ2) is 13.5. The molecular formula is C32H34BrN5O3S. The maximum absolute atomic E-state index is 14.0. The number of carbonyl (C=O) groups is 1. The number of nitrogens with zero attached hydrogens (tertiary/aromatic N) is 3. The predicted octanol–water partition coefficient (Wildman–Crippen LogP) is 7.76. The Balaban J connectivity index is 1.58. The van der Waals surface area contributed by atoms with E-state index >= 15 is 0 Å². The highest BCUT2D eigenvalue weighted by atomic mass is 79.9. The number of amides is 1. The van der Waals surface area contributed by atoms with Crippen LogP contribution < -0.4 is 20.1 Å². The van der Waals surface area contributed by atoms with E-state index in [9.17, 15) is 4.79 Å². The van der Waals surface area contributed by atoms with Crippen LogP contribution in [0.3, 0.4) is 0 Å². The highest BCUT2D eigenvalue weighted by molar-refractivity contribution is 9.10. The first-order chi connectivity index (χ1) is 20.4. The number of aromatic nitrogens is 3. The molecule has 2 heterocycles. The maximum Gasteiger partial charge on any atom is 0.255 e. The molecule has 1 amide bonds. The predicted molar refractivity (Wildman–Crippen MR) is 171 cm³/mol. The van der Waals surface area contributed by atoms with Crippen LogP contribution in [0.1, 0.15) is 49.9 Å². The number of thioether (sulfide) groups is 1. The molecule has 8 nitrogen and oxygen atoms in total. The third kappa shape index (κ3) is 6.50. The summed E-state index contributed by atoms with van der Waals surface area (Å²) in [5.74, 6) is 2.44. The van der Waals surface area contributed by atoms with Crippen LogP contribution in [0, 0.1) is 6.92 Å². The van der Waals surface area contributed by atoms with Crippen molar-refractivity contribution in [3.05, 3.63) is 99.2 Å². The first-order valence-electron chi connectivity index (χ1n) is 14.0. The Labute approximate surface area is 259 Å². The first-order valence-corrected chi connectivity index (χ1v) is 15.7. The average molecular weight is 649 g/mol. The molecule has 218 valence electrons. The van der Waals surface area contributed by atoms with Crippen molar-refractivity contribution in [2.45, 2.75) is 51.9 Å². The van der Waals surface area contributed by atoms with Gasteiger partial charge in [0.15, 0.2) is 11.5 Å². The highest BCUT2D eigenvalue weighted by Gasteiger charge is 2.35. The molecule has 0 spiro atoms. The molecule has 0 aliphatic carbocycles. The zero-order chi connectivity index (χ0) is 29.6. The molecular weight excluding hydrogens is 614 g/mol. The van der Waals surface area contributed by atoms with Crippen molar-refractivity contribution in [3.8, 4) is 11.5 Å². The van der Waals surface area contributed by atoms with Gasteiger partial charge in [-0.3, -0.25) is 4.79 Å².